The van der Waals surface area contributed by atoms with E-state index in [1.807, 2.05) is 30.3 Å². The van der Waals surface area contributed by atoms with Crippen LogP contribution in [0.15, 0.2) is 223 Å². The Labute approximate surface area is 357 Å². The Morgan fingerprint density at radius 1 is 0.306 bits per heavy atom. The third kappa shape index (κ3) is 5.98. The van der Waals surface area contributed by atoms with E-state index in [-0.39, 0.29) is 0 Å². The zero-order valence-electron chi connectivity index (χ0n) is 33.5. The van der Waals surface area contributed by atoms with E-state index in [2.05, 4.69) is 193 Å². The first-order chi connectivity index (χ1) is 30.7. The van der Waals surface area contributed by atoms with E-state index >= 15 is 0 Å². The summed E-state index contributed by atoms with van der Waals surface area (Å²) in [5, 5.41) is 4.55. The van der Waals surface area contributed by atoms with Crippen LogP contribution in [0.25, 0.3) is 117 Å². The molecule has 0 atom stereocenters. The monoisotopic (exact) mass is 792 g/mol. The van der Waals surface area contributed by atoms with Gasteiger partial charge >= 0.3 is 0 Å². The van der Waals surface area contributed by atoms with Crippen molar-refractivity contribution in [2.75, 3.05) is 0 Å². The fraction of sp³-hybridized carbons (Fsp3) is 0. The SMILES string of the molecule is c1ccc(-c2ccc(-c3nc(-c4ccccc4)nc(-c4cc(-c5ccccc5)c(-n5c6ccccc6c6c7c(ccc65)oc5ccccc57)c(-c5ccccc5)c4)n3)cc2)cc1. The highest BCUT2D eigenvalue weighted by atomic mass is 16.3. The Bertz CT molecular complexity index is 3540. The molecule has 0 aliphatic heterocycles. The lowest BCUT2D eigenvalue weighted by Crippen LogP contribution is -2.04. The Kier molecular flexibility index (Phi) is 8.42. The zero-order valence-corrected chi connectivity index (χ0v) is 33.5. The van der Waals surface area contributed by atoms with Crippen LogP contribution in [-0.2, 0) is 0 Å². The maximum atomic E-state index is 6.46. The molecule has 0 aliphatic rings. The van der Waals surface area contributed by atoms with E-state index in [1.165, 1.54) is 0 Å². The highest BCUT2D eigenvalue weighted by Crippen LogP contribution is 2.46. The first-order valence-electron chi connectivity index (χ1n) is 20.9. The van der Waals surface area contributed by atoms with Gasteiger partial charge in [-0.3, -0.25) is 0 Å². The van der Waals surface area contributed by atoms with Crippen LogP contribution in [0.3, 0.4) is 0 Å². The van der Waals surface area contributed by atoms with Gasteiger partial charge in [0, 0.05) is 49.4 Å². The molecule has 0 bridgehead atoms. The number of benzene rings is 9. The first kappa shape index (κ1) is 35.5. The molecule has 3 aromatic heterocycles. The minimum atomic E-state index is 0.593. The summed E-state index contributed by atoms with van der Waals surface area (Å²) < 4.78 is 8.90. The van der Waals surface area contributed by atoms with Crippen molar-refractivity contribution in [2.45, 2.75) is 0 Å². The zero-order chi connectivity index (χ0) is 41.0. The highest BCUT2D eigenvalue weighted by Gasteiger charge is 2.25. The van der Waals surface area contributed by atoms with Gasteiger partial charge in [-0.25, -0.2) is 15.0 Å². The number of nitrogens with zero attached hydrogens (tertiary/aromatic N) is 4. The lowest BCUT2D eigenvalue weighted by Gasteiger charge is -2.21. The van der Waals surface area contributed by atoms with Gasteiger partial charge in [-0.2, -0.15) is 0 Å². The minimum Gasteiger partial charge on any atom is -0.456 e. The van der Waals surface area contributed by atoms with Gasteiger partial charge in [-0.15, -0.1) is 0 Å². The van der Waals surface area contributed by atoms with E-state index < -0.39 is 0 Å². The van der Waals surface area contributed by atoms with Gasteiger partial charge in [-0.1, -0.05) is 182 Å². The standard InChI is InChI=1S/C57H36N4O/c1-5-17-37(18-6-1)38-29-31-42(32-30-38)56-58-55(41-23-11-4-12-24-41)59-57(60-56)43-35-46(39-19-7-2-8-20-39)54(47(36-43)40-21-9-3-10-22-40)61-48-27-15-13-25-44(48)52-49(61)33-34-51-53(52)45-26-14-16-28-50(45)62-51/h1-36H. The van der Waals surface area contributed by atoms with Gasteiger partial charge in [0.1, 0.15) is 11.2 Å². The Morgan fingerprint density at radius 2 is 0.758 bits per heavy atom. The Morgan fingerprint density at radius 3 is 1.37 bits per heavy atom. The maximum Gasteiger partial charge on any atom is 0.164 e. The molecule has 0 spiro atoms. The number of hydrogen-bond donors (Lipinski definition) is 0. The van der Waals surface area contributed by atoms with Crippen LogP contribution >= 0.6 is 0 Å². The Hall–Kier alpha value is -8.41. The molecule has 12 rings (SSSR count). The molecule has 9 aromatic carbocycles. The lowest BCUT2D eigenvalue weighted by atomic mass is 9.92. The van der Waals surface area contributed by atoms with Crippen LogP contribution in [0.5, 0.6) is 0 Å². The Balaban J connectivity index is 1.15. The normalized spacial score (nSPS) is 11.5. The number of hydrogen-bond acceptors (Lipinski definition) is 4. The van der Waals surface area contributed by atoms with Gasteiger partial charge < -0.3 is 8.98 Å². The summed E-state index contributed by atoms with van der Waals surface area (Å²) in [7, 11) is 0. The summed E-state index contributed by atoms with van der Waals surface area (Å²) in [6, 6.07) is 76.3. The van der Waals surface area contributed by atoms with Crippen molar-refractivity contribution >= 4 is 43.7 Å². The third-order valence-electron chi connectivity index (χ3n) is 11.9. The molecule has 5 nitrogen and oxygen atoms in total. The highest BCUT2D eigenvalue weighted by molar-refractivity contribution is 6.27. The van der Waals surface area contributed by atoms with Gasteiger partial charge in [0.15, 0.2) is 17.5 Å². The van der Waals surface area contributed by atoms with Gasteiger partial charge in [0.05, 0.1) is 16.7 Å². The minimum absolute atomic E-state index is 0.593. The average molecular weight is 793 g/mol. The van der Waals surface area contributed by atoms with Crippen LogP contribution in [0.4, 0.5) is 0 Å². The average Bonchev–Trinajstić information content (AvgIpc) is 3.90. The van der Waals surface area contributed by atoms with E-state index in [0.717, 1.165) is 99.5 Å². The number of aromatic nitrogens is 4. The summed E-state index contributed by atoms with van der Waals surface area (Å²) in [4.78, 5) is 15.6. The van der Waals surface area contributed by atoms with Crippen LogP contribution in [-0.4, -0.2) is 19.5 Å². The number of rotatable bonds is 7. The fourth-order valence-corrected chi connectivity index (χ4v) is 8.99. The van der Waals surface area contributed by atoms with Crippen molar-refractivity contribution in [3.8, 4) is 73.2 Å². The number of para-hydroxylation sites is 2. The summed E-state index contributed by atoms with van der Waals surface area (Å²) >= 11 is 0. The molecule has 0 saturated heterocycles. The lowest BCUT2D eigenvalue weighted by molar-refractivity contribution is 0.669. The first-order valence-corrected chi connectivity index (χ1v) is 20.9. The molecule has 62 heavy (non-hydrogen) atoms. The molecule has 0 saturated carbocycles. The van der Waals surface area contributed by atoms with Crippen LogP contribution in [0.2, 0.25) is 0 Å². The molecule has 290 valence electrons. The number of fused-ring (bicyclic) bond motifs is 7. The van der Waals surface area contributed by atoms with E-state index in [1.54, 1.807) is 0 Å². The number of furan rings is 1. The largest absolute Gasteiger partial charge is 0.456 e. The van der Waals surface area contributed by atoms with Gasteiger partial charge in [0.2, 0.25) is 0 Å². The second-order valence-corrected chi connectivity index (χ2v) is 15.6. The van der Waals surface area contributed by atoms with Crippen molar-refractivity contribution in [3.05, 3.63) is 218 Å². The molecule has 5 heteroatoms. The molecular formula is C57H36N4O. The van der Waals surface area contributed by atoms with E-state index in [4.69, 9.17) is 19.4 Å². The van der Waals surface area contributed by atoms with Gasteiger partial charge in [0.25, 0.3) is 0 Å². The van der Waals surface area contributed by atoms with Crippen molar-refractivity contribution in [1.82, 2.24) is 19.5 Å². The van der Waals surface area contributed by atoms with Crippen molar-refractivity contribution < 1.29 is 4.42 Å². The second-order valence-electron chi connectivity index (χ2n) is 15.6. The molecule has 12 aromatic rings. The van der Waals surface area contributed by atoms with Crippen molar-refractivity contribution in [1.29, 1.82) is 0 Å². The smallest absolute Gasteiger partial charge is 0.164 e. The molecule has 0 amide bonds. The van der Waals surface area contributed by atoms with Crippen LogP contribution in [0, 0.1) is 0 Å². The topological polar surface area (TPSA) is 56.7 Å². The van der Waals surface area contributed by atoms with Crippen LogP contribution < -0.4 is 0 Å². The van der Waals surface area contributed by atoms with Gasteiger partial charge in [-0.05, 0) is 58.7 Å². The summed E-state index contributed by atoms with van der Waals surface area (Å²) in [6.45, 7) is 0. The summed E-state index contributed by atoms with van der Waals surface area (Å²) in [5.74, 6) is 1.82. The molecule has 0 fully saturated rings. The molecule has 0 aliphatic carbocycles. The molecule has 0 N–H and O–H groups in total. The second kappa shape index (κ2) is 14.7. The molecular weight excluding hydrogens is 757 g/mol. The predicted molar refractivity (Wildman–Crippen MR) is 254 cm³/mol. The third-order valence-corrected chi connectivity index (χ3v) is 11.9. The van der Waals surface area contributed by atoms with E-state index in [9.17, 15) is 0 Å². The fourth-order valence-electron chi connectivity index (χ4n) is 8.99. The summed E-state index contributed by atoms with van der Waals surface area (Å²) in [6.07, 6.45) is 0. The summed E-state index contributed by atoms with van der Waals surface area (Å²) in [5.41, 5.74) is 14.3. The predicted octanol–water partition coefficient (Wildman–Crippen LogP) is 14.9. The molecule has 3 heterocycles. The maximum absolute atomic E-state index is 6.46. The van der Waals surface area contributed by atoms with E-state index in [0.29, 0.717) is 17.5 Å². The molecule has 0 radical (unpaired) electrons. The quantitative estimate of drug-likeness (QED) is 0.161. The molecule has 0 unspecified atom stereocenters. The van der Waals surface area contributed by atoms with Crippen LogP contribution in [0.1, 0.15) is 0 Å². The van der Waals surface area contributed by atoms with Crippen molar-refractivity contribution in [3.63, 3.8) is 0 Å². The van der Waals surface area contributed by atoms with Crippen molar-refractivity contribution in [2.24, 2.45) is 0 Å².